The van der Waals surface area contributed by atoms with Gasteiger partial charge in [-0.1, -0.05) is 13.0 Å². The van der Waals surface area contributed by atoms with Gasteiger partial charge in [-0.15, -0.1) is 0 Å². The van der Waals surface area contributed by atoms with E-state index in [0.717, 1.165) is 5.56 Å². The highest BCUT2D eigenvalue weighted by molar-refractivity contribution is 7.89. The zero-order chi connectivity index (χ0) is 18.4. The number of sulfonamides is 1. The van der Waals surface area contributed by atoms with Crippen molar-refractivity contribution in [3.05, 3.63) is 53.6 Å². The lowest BCUT2D eigenvalue weighted by Crippen LogP contribution is -2.30. The summed E-state index contributed by atoms with van der Waals surface area (Å²) in [5, 5.41) is 8.84. The Morgan fingerprint density at radius 3 is 2.20 bits per heavy atom. The first-order valence-corrected chi connectivity index (χ1v) is 9.11. The van der Waals surface area contributed by atoms with Gasteiger partial charge in [0.1, 0.15) is 0 Å². The third kappa shape index (κ3) is 4.10. The fraction of sp³-hybridized carbons (Fsp3) is 0.278. The summed E-state index contributed by atoms with van der Waals surface area (Å²) in [6.45, 7) is 2.30. The highest BCUT2D eigenvalue weighted by atomic mass is 32.2. The summed E-state index contributed by atoms with van der Waals surface area (Å²) in [7, 11) is -0.576. The first-order valence-electron chi connectivity index (χ1n) is 7.67. The zero-order valence-corrected chi connectivity index (χ0v) is 15.2. The van der Waals surface area contributed by atoms with Crippen LogP contribution in [0.1, 0.15) is 18.1 Å². The Morgan fingerprint density at radius 1 is 1.04 bits per heavy atom. The summed E-state index contributed by atoms with van der Waals surface area (Å²) in [6.07, 6.45) is 0. The lowest BCUT2D eigenvalue weighted by molar-refractivity contribution is 0.353. The summed E-state index contributed by atoms with van der Waals surface area (Å²) < 4.78 is 37.5. The number of hydrogen-bond acceptors (Lipinski definition) is 5. The minimum atomic E-state index is -3.66. The molecule has 2 rings (SSSR count). The molecule has 0 unspecified atom stereocenters. The van der Waals surface area contributed by atoms with Crippen LogP contribution in [0.3, 0.4) is 0 Å². The first-order chi connectivity index (χ1) is 12.0. The molecule has 0 saturated carbocycles. The summed E-state index contributed by atoms with van der Waals surface area (Å²) >= 11 is 0. The van der Waals surface area contributed by atoms with Gasteiger partial charge in [0.05, 0.1) is 30.7 Å². The van der Waals surface area contributed by atoms with Crippen molar-refractivity contribution >= 4 is 10.0 Å². The van der Waals surface area contributed by atoms with E-state index in [4.69, 9.17) is 14.7 Å². The van der Waals surface area contributed by atoms with Gasteiger partial charge in [-0.2, -0.15) is 9.57 Å². The molecule has 132 valence electrons. The van der Waals surface area contributed by atoms with Crippen molar-refractivity contribution in [3.63, 3.8) is 0 Å². The van der Waals surface area contributed by atoms with Gasteiger partial charge in [-0.25, -0.2) is 8.42 Å². The van der Waals surface area contributed by atoms with Crippen molar-refractivity contribution in [1.82, 2.24) is 4.31 Å². The first kappa shape index (κ1) is 18.8. The molecule has 0 aromatic heterocycles. The maximum Gasteiger partial charge on any atom is 0.243 e. The molecule has 0 amide bonds. The van der Waals surface area contributed by atoms with Crippen LogP contribution in [-0.2, 0) is 16.6 Å². The predicted octanol–water partition coefficient (Wildman–Crippen LogP) is 2.79. The van der Waals surface area contributed by atoms with E-state index in [1.54, 1.807) is 32.2 Å². The van der Waals surface area contributed by atoms with Gasteiger partial charge in [0, 0.05) is 13.1 Å². The quantitative estimate of drug-likeness (QED) is 0.758. The van der Waals surface area contributed by atoms with Crippen LogP contribution in [0.15, 0.2) is 47.4 Å². The van der Waals surface area contributed by atoms with E-state index in [2.05, 4.69) is 0 Å². The van der Waals surface area contributed by atoms with E-state index < -0.39 is 10.0 Å². The Bertz CT molecular complexity index is 871. The molecule has 0 heterocycles. The van der Waals surface area contributed by atoms with Gasteiger partial charge in [0.25, 0.3) is 0 Å². The van der Waals surface area contributed by atoms with Gasteiger partial charge >= 0.3 is 0 Å². The van der Waals surface area contributed by atoms with Crippen LogP contribution in [0, 0.1) is 11.3 Å². The van der Waals surface area contributed by atoms with Crippen molar-refractivity contribution in [3.8, 4) is 17.6 Å². The van der Waals surface area contributed by atoms with Crippen LogP contribution in [0.25, 0.3) is 0 Å². The molecule has 6 nitrogen and oxygen atoms in total. The van der Waals surface area contributed by atoms with Gasteiger partial charge < -0.3 is 9.47 Å². The molecule has 0 aliphatic rings. The molecule has 0 radical (unpaired) electrons. The Balaban J connectivity index is 2.30. The molecule has 0 aliphatic carbocycles. The second kappa shape index (κ2) is 8.01. The summed E-state index contributed by atoms with van der Waals surface area (Å²) in [4.78, 5) is 0.161. The number of methoxy groups -OCH3 is 2. The van der Waals surface area contributed by atoms with Crippen molar-refractivity contribution in [2.75, 3.05) is 20.8 Å². The van der Waals surface area contributed by atoms with Crippen LogP contribution in [-0.4, -0.2) is 33.5 Å². The van der Waals surface area contributed by atoms with E-state index in [1.807, 2.05) is 6.07 Å². The van der Waals surface area contributed by atoms with Crippen LogP contribution in [0.5, 0.6) is 11.5 Å². The number of nitriles is 1. The molecular formula is C18H20N2O4S. The van der Waals surface area contributed by atoms with Crippen LogP contribution >= 0.6 is 0 Å². The number of rotatable bonds is 7. The van der Waals surface area contributed by atoms with Gasteiger partial charge in [-0.3, -0.25) is 0 Å². The lowest BCUT2D eigenvalue weighted by Gasteiger charge is -2.21. The highest BCUT2D eigenvalue weighted by Gasteiger charge is 2.23. The monoisotopic (exact) mass is 360 g/mol. The van der Waals surface area contributed by atoms with Crippen LogP contribution in [0.2, 0.25) is 0 Å². The summed E-state index contributed by atoms with van der Waals surface area (Å²) in [5.41, 5.74) is 1.21. The molecule has 0 N–H and O–H groups in total. The fourth-order valence-corrected chi connectivity index (χ4v) is 3.84. The van der Waals surface area contributed by atoms with E-state index in [-0.39, 0.29) is 11.4 Å². The summed E-state index contributed by atoms with van der Waals surface area (Å²) in [5.74, 6) is 1.14. The fourth-order valence-electron chi connectivity index (χ4n) is 2.40. The molecule has 25 heavy (non-hydrogen) atoms. The number of benzene rings is 2. The molecule has 7 heteroatoms. The Morgan fingerprint density at radius 2 is 1.68 bits per heavy atom. The number of nitrogens with zero attached hydrogens (tertiary/aromatic N) is 2. The van der Waals surface area contributed by atoms with Crippen molar-refractivity contribution in [2.45, 2.75) is 18.4 Å². The third-order valence-electron chi connectivity index (χ3n) is 3.78. The lowest BCUT2D eigenvalue weighted by atomic mass is 10.2. The number of ether oxygens (including phenoxy) is 2. The van der Waals surface area contributed by atoms with Gasteiger partial charge in [0.2, 0.25) is 10.0 Å². The SMILES string of the molecule is CCN(Cc1ccc(OC)c(OC)c1)S(=O)(=O)c1ccc(C#N)cc1. The Kier molecular flexibility index (Phi) is 6.02. The molecule has 0 saturated heterocycles. The normalized spacial score (nSPS) is 11.2. The molecule has 2 aromatic carbocycles. The van der Waals surface area contributed by atoms with E-state index in [9.17, 15) is 8.42 Å². The molecule has 0 bridgehead atoms. The van der Waals surface area contributed by atoms with E-state index >= 15 is 0 Å². The van der Waals surface area contributed by atoms with Crippen molar-refractivity contribution < 1.29 is 17.9 Å². The molecule has 0 atom stereocenters. The third-order valence-corrected chi connectivity index (χ3v) is 5.72. The molecule has 0 aliphatic heterocycles. The second-order valence-corrected chi connectivity index (χ2v) is 7.19. The van der Waals surface area contributed by atoms with Crippen molar-refractivity contribution in [1.29, 1.82) is 5.26 Å². The predicted molar refractivity (Wildman–Crippen MR) is 94.0 cm³/mol. The molecule has 0 spiro atoms. The number of hydrogen-bond donors (Lipinski definition) is 0. The largest absolute Gasteiger partial charge is 0.493 e. The highest BCUT2D eigenvalue weighted by Crippen LogP contribution is 2.29. The molecule has 2 aromatic rings. The smallest absolute Gasteiger partial charge is 0.243 e. The average molecular weight is 360 g/mol. The van der Waals surface area contributed by atoms with Crippen LogP contribution in [0.4, 0.5) is 0 Å². The minimum Gasteiger partial charge on any atom is -0.493 e. The van der Waals surface area contributed by atoms with E-state index in [0.29, 0.717) is 23.6 Å². The average Bonchev–Trinajstić information content (AvgIpc) is 2.65. The van der Waals surface area contributed by atoms with Crippen molar-refractivity contribution in [2.24, 2.45) is 0 Å². The molecular weight excluding hydrogens is 340 g/mol. The summed E-state index contributed by atoms with van der Waals surface area (Å²) in [6, 6.07) is 13.2. The van der Waals surface area contributed by atoms with Gasteiger partial charge in [-0.05, 0) is 42.0 Å². The Hall–Kier alpha value is -2.56. The zero-order valence-electron chi connectivity index (χ0n) is 14.4. The standard InChI is InChI=1S/C18H20N2O4S/c1-4-20(13-15-7-10-17(23-2)18(11-15)24-3)25(21,22)16-8-5-14(12-19)6-9-16/h5-11H,4,13H2,1-3H3. The van der Waals surface area contributed by atoms with E-state index in [1.165, 1.54) is 35.7 Å². The van der Waals surface area contributed by atoms with Gasteiger partial charge in [0.15, 0.2) is 11.5 Å². The Labute approximate surface area is 148 Å². The second-order valence-electron chi connectivity index (χ2n) is 5.26. The maximum atomic E-state index is 12.8. The van der Waals surface area contributed by atoms with Crippen LogP contribution < -0.4 is 9.47 Å². The molecule has 0 fully saturated rings. The maximum absolute atomic E-state index is 12.8. The minimum absolute atomic E-state index is 0.161. The topological polar surface area (TPSA) is 79.6 Å².